The molecule has 0 aliphatic heterocycles. The van der Waals surface area contributed by atoms with Gasteiger partial charge in [0.05, 0.1) is 11.9 Å². The minimum Gasteiger partial charge on any atom is -0.253 e. The third-order valence-electron chi connectivity index (χ3n) is 4.66. The van der Waals surface area contributed by atoms with Gasteiger partial charge in [0.25, 0.3) is 0 Å². The van der Waals surface area contributed by atoms with E-state index in [2.05, 4.69) is 51.8 Å². The molecule has 3 heterocycles. The van der Waals surface area contributed by atoms with Gasteiger partial charge in [-0.1, -0.05) is 64.9 Å². The number of hydrogen-bond donors (Lipinski definition) is 1. The van der Waals surface area contributed by atoms with Crippen molar-refractivity contribution in [1.29, 1.82) is 0 Å². The lowest BCUT2D eigenvalue weighted by Gasteiger charge is -2.01. The number of rotatable bonds is 5. The molecule has 0 unspecified atom stereocenters. The molecule has 2 aromatic carbocycles. The van der Waals surface area contributed by atoms with Crippen molar-refractivity contribution < 1.29 is 0 Å². The quantitative estimate of drug-likeness (QED) is 0.245. The van der Waals surface area contributed by atoms with Gasteiger partial charge >= 0.3 is 0 Å². The van der Waals surface area contributed by atoms with Gasteiger partial charge in [0.15, 0.2) is 0 Å². The first-order chi connectivity index (χ1) is 15.1. The number of nitrogens with one attached hydrogen (secondary N) is 1. The van der Waals surface area contributed by atoms with Crippen LogP contribution in [0, 0.1) is 13.8 Å². The average Bonchev–Trinajstić information content (AvgIpc) is 3.45. The van der Waals surface area contributed by atoms with Crippen molar-refractivity contribution in [2.24, 2.45) is 5.10 Å². The minimum absolute atomic E-state index is 0.702. The topological polar surface area (TPSA) is 67.5 Å². The maximum absolute atomic E-state index is 5.97. The summed E-state index contributed by atoms with van der Waals surface area (Å²) < 4.78 is 1.83. The first-order valence-corrected chi connectivity index (χ1v) is 11.6. The van der Waals surface area contributed by atoms with Crippen molar-refractivity contribution in [3.8, 4) is 22.5 Å². The van der Waals surface area contributed by atoms with Gasteiger partial charge in [-0.15, -0.1) is 11.3 Å². The fourth-order valence-corrected chi connectivity index (χ4v) is 4.67. The summed E-state index contributed by atoms with van der Waals surface area (Å²) in [4.78, 5) is 10.2. The average molecular weight is 465 g/mol. The number of fused-ring (bicyclic) bond motifs is 1. The lowest BCUT2D eigenvalue weighted by molar-refractivity contribution is 0.938. The molecule has 0 saturated heterocycles. The van der Waals surface area contributed by atoms with Crippen LogP contribution in [0.1, 0.15) is 16.3 Å². The Labute approximate surface area is 191 Å². The van der Waals surface area contributed by atoms with E-state index in [1.165, 1.54) is 16.9 Å². The smallest absolute Gasteiger partial charge is 0.213 e. The van der Waals surface area contributed by atoms with E-state index in [1.807, 2.05) is 41.1 Å². The monoisotopic (exact) mass is 464 g/mol. The summed E-state index contributed by atoms with van der Waals surface area (Å²) in [6, 6.07) is 15.9. The summed E-state index contributed by atoms with van der Waals surface area (Å²) in [6.07, 6.45) is 1.75. The Balaban J connectivity index is 1.43. The molecular formula is C22H17ClN6S2. The van der Waals surface area contributed by atoms with Gasteiger partial charge in [-0.05, 0) is 26.0 Å². The first kappa shape index (κ1) is 19.9. The third-order valence-corrected chi connectivity index (χ3v) is 6.48. The normalized spacial score (nSPS) is 11.6. The number of halogens is 1. The molecule has 9 heteroatoms. The van der Waals surface area contributed by atoms with Crippen LogP contribution >= 0.6 is 34.3 Å². The van der Waals surface area contributed by atoms with E-state index in [0.29, 0.717) is 10.2 Å². The van der Waals surface area contributed by atoms with E-state index < -0.39 is 0 Å². The van der Waals surface area contributed by atoms with Crippen LogP contribution in [0.25, 0.3) is 27.5 Å². The summed E-state index contributed by atoms with van der Waals surface area (Å²) in [5, 5.41) is 13.4. The van der Waals surface area contributed by atoms with E-state index in [-0.39, 0.29) is 0 Å². The van der Waals surface area contributed by atoms with E-state index in [0.717, 1.165) is 38.2 Å². The van der Waals surface area contributed by atoms with Crippen LogP contribution in [0.4, 0.5) is 5.13 Å². The number of hydrazone groups is 1. The molecule has 0 aliphatic carbocycles. The fourth-order valence-electron chi connectivity index (χ4n) is 3.13. The van der Waals surface area contributed by atoms with Crippen molar-refractivity contribution >= 4 is 50.6 Å². The van der Waals surface area contributed by atoms with Crippen LogP contribution in [0.3, 0.4) is 0 Å². The number of thiazole rings is 1. The zero-order valence-corrected chi connectivity index (χ0v) is 19.1. The summed E-state index contributed by atoms with van der Waals surface area (Å²) in [7, 11) is 0. The minimum atomic E-state index is 0.702. The van der Waals surface area contributed by atoms with Crippen molar-refractivity contribution in [2.75, 3.05) is 5.43 Å². The number of anilines is 1. The highest BCUT2D eigenvalue weighted by Crippen LogP contribution is 2.28. The molecule has 5 aromatic rings. The molecule has 0 fully saturated rings. The van der Waals surface area contributed by atoms with Gasteiger partial charge in [-0.2, -0.15) is 10.2 Å². The predicted octanol–water partition coefficient (Wildman–Crippen LogP) is 6.30. The van der Waals surface area contributed by atoms with Crippen LogP contribution in [-0.2, 0) is 0 Å². The SMILES string of the molecule is Cc1ccc(-c2nc3sc(C)nn3c2/C=N/Nc2nc(-c3ccc(Cl)cc3)cs2)cc1. The third kappa shape index (κ3) is 4.10. The Kier molecular flexibility index (Phi) is 5.27. The van der Waals surface area contributed by atoms with Crippen LogP contribution in [0.15, 0.2) is 59.0 Å². The van der Waals surface area contributed by atoms with E-state index in [9.17, 15) is 0 Å². The molecular weight excluding hydrogens is 448 g/mol. The number of hydrogen-bond acceptors (Lipinski definition) is 7. The standard InChI is InChI=1S/C22H17ClN6S2/c1-13-3-5-16(6-4-13)20-19(29-22(26-20)31-14(2)28-29)11-24-27-21-25-18(12-30-21)15-7-9-17(23)10-8-15/h3-12H,1-2H3,(H,25,27)/b24-11+. The molecule has 3 aromatic heterocycles. The molecule has 0 atom stereocenters. The van der Waals surface area contributed by atoms with Crippen molar-refractivity contribution in [1.82, 2.24) is 19.6 Å². The largest absolute Gasteiger partial charge is 0.253 e. The lowest BCUT2D eigenvalue weighted by Crippen LogP contribution is -1.97. The maximum atomic E-state index is 5.97. The first-order valence-electron chi connectivity index (χ1n) is 9.50. The highest BCUT2D eigenvalue weighted by atomic mass is 35.5. The Morgan fingerprint density at radius 3 is 2.52 bits per heavy atom. The molecule has 154 valence electrons. The summed E-state index contributed by atoms with van der Waals surface area (Å²) in [5.41, 5.74) is 8.82. The second-order valence-corrected chi connectivity index (χ2v) is 9.40. The Morgan fingerprint density at radius 1 is 1.00 bits per heavy atom. The fraction of sp³-hybridized carbons (Fsp3) is 0.0909. The molecule has 0 spiro atoms. The van der Waals surface area contributed by atoms with Crippen molar-refractivity contribution in [3.05, 3.63) is 75.2 Å². The van der Waals surface area contributed by atoms with Gasteiger partial charge in [0.2, 0.25) is 10.1 Å². The van der Waals surface area contributed by atoms with Crippen LogP contribution < -0.4 is 5.43 Å². The second kappa shape index (κ2) is 8.22. The summed E-state index contributed by atoms with van der Waals surface area (Å²) in [5.74, 6) is 0. The zero-order valence-electron chi connectivity index (χ0n) is 16.7. The number of nitrogens with zero attached hydrogens (tertiary/aromatic N) is 5. The molecule has 1 N–H and O–H groups in total. The lowest BCUT2D eigenvalue weighted by atomic mass is 10.1. The second-order valence-electron chi connectivity index (χ2n) is 6.94. The maximum Gasteiger partial charge on any atom is 0.213 e. The molecule has 0 amide bonds. The molecule has 0 saturated carbocycles. The van der Waals surface area contributed by atoms with Gasteiger partial charge in [0, 0.05) is 21.5 Å². The van der Waals surface area contributed by atoms with Gasteiger partial charge in [0.1, 0.15) is 16.4 Å². The number of imidazole rings is 1. The summed E-state index contributed by atoms with van der Waals surface area (Å²) >= 11 is 9.02. The highest BCUT2D eigenvalue weighted by molar-refractivity contribution is 7.16. The van der Waals surface area contributed by atoms with Gasteiger partial charge in [-0.25, -0.2) is 14.5 Å². The molecule has 6 nitrogen and oxygen atoms in total. The Hall–Kier alpha value is -3.07. The van der Waals surface area contributed by atoms with Crippen LogP contribution in [0.2, 0.25) is 5.02 Å². The molecule has 5 rings (SSSR count). The Morgan fingerprint density at radius 2 is 1.74 bits per heavy atom. The van der Waals surface area contributed by atoms with Gasteiger partial charge < -0.3 is 0 Å². The molecule has 0 aliphatic rings. The molecule has 0 radical (unpaired) electrons. The highest BCUT2D eigenvalue weighted by Gasteiger charge is 2.16. The predicted molar refractivity (Wildman–Crippen MR) is 130 cm³/mol. The zero-order chi connectivity index (χ0) is 21.4. The molecule has 31 heavy (non-hydrogen) atoms. The Bertz CT molecular complexity index is 1380. The van der Waals surface area contributed by atoms with E-state index in [1.54, 1.807) is 17.6 Å². The number of aromatic nitrogens is 4. The summed E-state index contributed by atoms with van der Waals surface area (Å²) in [6.45, 7) is 4.04. The number of benzene rings is 2. The van der Waals surface area contributed by atoms with Crippen molar-refractivity contribution in [2.45, 2.75) is 13.8 Å². The van der Waals surface area contributed by atoms with Gasteiger partial charge in [-0.3, -0.25) is 5.43 Å². The van der Waals surface area contributed by atoms with E-state index >= 15 is 0 Å². The van der Waals surface area contributed by atoms with Crippen LogP contribution in [-0.4, -0.2) is 25.8 Å². The van der Waals surface area contributed by atoms with Crippen molar-refractivity contribution in [3.63, 3.8) is 0 Å². The van der Waals surface area contributed by atoms with E-state index in [4.69, 9.17) is 16.6 Å². The van der Waals surface area contributed by atoms with Crippen LogP contribution in [0.5, 0.6) is 0 Å². The number of aryl methyl sites for hydroxylation is 2. The molecule has 0 bridgehead atoms.